The van der Waals surface area contributed by atoms with E-state index in [9.17, 15) is 4.79 Å². The number of methoxy groups -OCH3 is 1. The van der Waals surface area contributed by atoms with Crippen LogP contribution in [-0.2, 0) is 0 Å². The number of amides is 1. The zero-order chi connectivity index (χ0) is 17.1. The first-order valence-electron chi connectivity index (χ1n) is 7.83. The Morgan fingerprint density at radius 1 is 1.21 bits per heavy atom. The number of aromatic nitrogens is 1. The number of aromatic amines is 1. The number of H-pyrrole nitrogens is 1. The Labute approximate surface area is 140 Å². The van der Waals surface area contributed by atoms with Crippen molar-refractivity contribution < 1.29 is 14.3 Å². The number of carbonyl (C=O) groups is 1. The highest BCUT2D eigenvalue weighted by molar-refractivity contribution is 6.08. The van der Waals surface area contributed by atoms with E-state index < -0.39 is 0 Å². The normalized spacial score (nSPS) is 10.6. The number of para-hydroxylation sites is 2. The molecule has 3 aromatic rings. The molecular formula is C19H20N2O3. The summed E-state index contributed by atoms with van der Waals surface area (Å²) < 4.78 is 10.8. The Bertz CT molecular complexity index is 883. The van der Waals surface area contributed by atoms with E-state index >= 15 is 0 Å². The average Bonchev–Trinajstić information content (AvgIpc) is 2.93. The summed E-state index contributed by atoms with van der Waals surface area (Å²) in [6.07, 6.45) is 0. The van der Waals surface area contributed by atoms with Gasteiger partial charge in [0.05, 0.1) is 19.4 Å². The van der Waals surface area contributed by atoms with Crippen LogP contribution in [0.15, 0.2) is 42.5 Å². The maximum absolute atomic E-state index is 12.7. The van der Waals surface area contributed by atoms with Crippen molar-refractivity contribution in [1.82, 2.24) is 4.98 Å². The molecule has 0 saturated carbocycles. The summed E-state index contributed by atoms with van der Waals surface area (Å²) in [5.41, 5.74) is 2.96. The topological polar surface area (TPSA) is 63.3 Å². The second-order valence-corrected chi connectivity index (χ2v) is 5.42. The summed E-state index contributed by atoms with van der Waals surface area (Å²) in [6, 6.07) is 13.1. The third-order valence-electron chi connectivity index (χ3n) is 3.93. The van der Waals surface area contributed by atoms with E-state index in [1.54, 1.807) is 7.11 Å². The molecule has 2 N–H and O–H groups in total. The first kappa shape index (κ1) is 15.9. The molecule has 0 aliphatic heterocycles. The Balaban J connectivity index is 1.93. The van der Waals surface area contributed by atoms with Crippen molar-refractivity contribution in [3.8, 4) is 11.5 Å². The van der Waals surface area contributed by atoms with Gasteiger partial charge in [0.1, 0.15) is 17.2 Å². The quantitative estimate of drug-likeness (QED) is 0.741. The molecule has 1 aromatic heterocycles. The van der Waals surface area contributed by atoms with Crippen molar-refractivity contribution in [3.63, 3.8) is 0 Å². The summed E-state index contributed by atoms with van der Waals surface area (Å²) in [4.78, 5) is 15.9. The molecule has 24 heavy (non-hydrogen) atoms. The molecule has 0 radical (unpaired) electrons. The standard InChI is InChI=1S/C19H20N2O3/c1-4-24-17-8-6-5-7-15(17)21-19(22)18-12(2)14-10-9-13(23-3)11-16(14)20-18/h5-11,20H,4H2,1-3H3,(H,21,22). The lowest BCUT2D eigenvalue weighted by molar-refractivity contribution is 0.102. The number of benzene rings is 2. The number of fused-ring (bicyclic) bond motifs is 1. The molecule has 2 aromatic carbocycles. The SMILES string of the molecule is CCOc1ccccc1NC(=O)c1[nH]c2cc(OC)ccc2c1C. The maximum Gasteiger partial charge on any atom is 0.272 e. The van der Waals surface area contributed by atoms with Gasteiger partial charge >= 0.3 is 0 Å². The van der Waals surface area contributed by atoms with E-state index in [0.29, 0.717) is 23.7 Å². The van der Waals surface area contributed by atoms with Gasteiger partial charge in [-0.3, -0.25) is 4.79 Å². The van der Waals surface area contributed by atoms with Crippen LogP contribution >= 0.6 is 0 Å². The van der Waals surface area contributed by atoms with Crippen LogP contribution < -0.4 is 14.8 Å². The third kappa shape index (κ3) is 2.93. The second kappa shape index (κ2) is 6.66. The molecule has 5 nitrogen and oxygen atoms in total. The summed E-state index contributed by atoms with van der Waals surface area (Å²) in [7, 11) is 1.62. The number of anilines is 1. The number of nitrogens with one attached hydrogen (secondary N) is 2. The van der Waals surface area contributed by atoms with Gasteiger partial charge in [0, 0.05) is 17.0 Å². The molecule has 0 saturated heterocycles. The van der Waals surface area contributed by atoms with E-state index in [2.05, 4.69) is 10.3 Å². The Morgan fingerprint density at radius 2 is 2.00 bits per heavy atom. The predicted octanol–water partition coefficient (Wildman–Crippen LogP) is 4.14. The summed E-state index contributed by atoms with van der Waals surface area (Å²) in [6.45, 7) is 4.38. The first-order valence-corrected chi connectivity index (χ1v) is 7.83. The molecular weight excluding hydrogens is 304 g/mol. The van der Waals surface area contributed by atoms with Crippen LogP contribution in [0.3, 0.4) is 0 Å². The van der Waals surface area contributed by atoms with Crippen LogP contribution in [-0.4, -0.2) is 24.6 Å². The predicted molar refractivity (Wildman–Crippen MR) is 95.2 cm³/mol. The van der Waals surface area contributed by atoms with Crippen molar-refractivity contribution in [2.24, 2.45) is 0 Å². The zero-order valence-electron chi connectivity index (χ0n) is 14.0. The molecule has 0 aliphatic carbocycles. The fourth-order valence-electron chi connectivity index (χ4n) is 2.71. The smallest absolute Gasteiger partial charge is 0.272 e. The van der Waals surface area contributed by atoms with Gasteiger partial charge in [-0.25, -0.2) is 0 Å². The van der Waals surface area contributed by atoms with Crippen LogP contribution in [0.5, 0.6) is 11.5 Å². The lowest BCUT2D eigenvalue weighted by atomic mass is 10.1. The summed E-state index contributed by atoms with van der Waals surface area (Å²) in [5.74, 6) is 1.20. The number of hydrogen-bond donors (Lipinski definition) is 2. The molecule has 0 aliphatic rings. The highest BCUT2D eigenvalue weighted by Gasteiger charge is 2.16. The van der Waals surface area contributed by atoms with Crippen molar-refractivity contribution in [2.75, 3.05) is 19.0 Å². The molecule has 1 heterocycles. The first-order chi connectivity index (χ1) is 11.6. The minimum atomic E-state index is -0.199. The molecule has 0 atom stereocenters. The number of ether oxygens (including phenoxy) is 2. The lowest BCUT2D eigenvalue weighted by Gasteiger charge is -2.11. The monoisotopic (exact) mass is 324 g/mol. The van der Waals surface area contributed by atoms with Crippen molar-refractivity contribution in [1.29, 1.82) is 0 Å². The molecule has 3 rings (SSSR count). The van der Waals surface area contributed by atoms with Gasteiger partial charge in [-0.1, -0.05) is 12.1 Å². The maximum atomic E-state index is 12.7. The number of hydrogen-bond acceptors (Lipinski definition) is 3. The summed E-state index contributed by atoms with van der Waals surface area (Å²) >= 11 is 0. The molecule has 0 bridgehead atoms. The minimum Gasteiger partial charge on any atom is -0.497 e. The second-order valence-electron chi connectivity index (χ2n) is 5.42. The van der Waals surface area contributed by atoms with Crippen LogP contribution in [0, 0.1) is 6.92 Å². The van der Waals surface area contributed by atoms with Gasteiger partial charge in [0.15, 0.2) is 0 Å². The van der Waals surface area contributed by atoms with Crippen LogP contribution in [0.25, 0.3) is 10.9 Å². The van der Waals surface area contributed by atoms with Crippen LogP contribution in [0.4, 0.5) is 5.69 Å². The number of rotatable bonds is 5. The fraction of sp³-hybridized carbons (Fsp3) is 0.211. The Morgan fingerprint density at radius 3 is 2.75 bits per heavy atom. The molecule has 124 valence electrons. The summed E-state index contributed by atoms with van der Waals surface area (Å²) in [5, 5.41) is 3.91. The van der Waals surface area contributed by atoms with Crippen molar-refractivity contribution >= 4 is 22.5 Å². The van der Waals surface area contributed by atoms with Gasteiger partial charge < -0.3 is 19.8 Å². The van der Waals surface area contributed by atoms with Crippen LogP contribution in [0.2, 0.25) is 0 Å². The van der Waals surface area contributed by atoms with Crippen LogP contribution in [0.1, 0.15) is 23.0 Å². The van der Waals surface area contributed by atoms with Gasteiger partial charge in [-0.2, -0.15) is 0 Å². The number of aryl methyl sites for hydroxylation is 1. The number of carbonyl (C=O) groups excluding carboxylic acids is 1. The lowest BCUT2D eigenvalue weighted by Crippen LogP contribution is -2.14. The molecule has 0 fully saturated rings. The van der Waals surface area contributed by atoms with E-state index in [0.717, 1.165) is 22.2 Å². The Hall–Kier alpha value is -2.95. The van der Waals surface area contributed by atoms with Crippen molar-refractivity contribution in [2.45, 2.75) is 13.8 Å². The molecule has 5 heteroatoms. The van der Waals surface area contributed by atoms with Gasteiger partial charge in [0.2, 0.25) is 0 Å². The molecule has 1 amide bonds. The van der Waals surface area contributed by atoms with E-state index in [4.69, 9.17) is 9.47 Å². The highest BCUT2D eigenvalue weighted by Crippen LogP contribution is 2.28. The van der Waals surface area contributed by atoms with E-state index in [1.807, 2.05) is 56.3 Å². The fourth-order valence-corrected chi connectivity index (χ4v) is 2.71. The highest BCUT2D eigenvalue weighted by atomic mass is 16.5. The molecule has 0 unspecified atom stereocenters. The van der Waals surface area contributed by atoms with Gasteiger partial charge in [0.25, 0.3) is 5.91 Å². The molecule has 0 spiro atoms. The van der Waals surface area contributed by atoms with Gasteiger partial charge in [-0.05, 0) is 43.7 Å². The minimum absolute atomic E-state index is 0.199. The Kier molecular flexibility index (Phi) is 4.42. The average molecular weight is 324 g/mol. The van der Waals surface area contributed by atoms with E-state index in [1.165, 1.54) is 0 Å². The van der Waals surface area contributed by atoms with Gasteiger partial charge in [-0.15, -0.1) is 0 Å². The largest absolute Gasteiger partial charge is 0.497 e. The zero-order valence-corrected chi connectivity index (χ0v) is 14.0. The van der Waals surface area contributed by atoms with Crippen molar-refractivity contribution in [3.05, 3.63) is 53.7 Å². The van der Waals surface area contributed by atoms with E-state index in [-0.39, 0.29) is 5.91 Å². The third-order valence-corrected chi connectivity index (χ3v) is 3.93.